The van der Waals surface area contributed by atoms with Crippen LogP contribution in [0.5, 0.6) is 0 Å². The lowest BCUT2D eigenvalue weighted by atomic mass is 9.72. The molecule has 3 heteroatoms. The van der Waals surface area contributed by atoms with Gasteiger partial charge in [0.25, 0.3) is 0 Å². The van der Waals surface area contributed by atoms with Crippen molar-refractivity contribution in [2.75, 3.05) is 18.0 Å². The van der Waals surface area contributed by atoms with Crippen molar-refractivity contribution >= 4 is 5.82 Å². The summed E-state index contributed by atoms with van der Waals surface area (Å²) in [6.07, 6.45) is 8.83. The summed E-state index contributed by atoms with van der Waals surface area (Å²) in [4.78, 5) is 10.9. The first-order valence-electron chi connectivity index (χ1n) is 6.72. The molecule has 0 bridgehead atoms. The largest absolute Gasteiger partial charge is 0.355 e. The molecular formula is C14H23N3. The van der Waals surface area contributed by atoms with E-state index in [-0.39, 0.29) is 0 Å². The van der Waals surface area contributed by atoms with Crippen molar-refractivity contribution in [3.63, 3.8) is 0 Å². The number of hydrogen-bond acceptors (Lipinski definition) is 3. The molecule has 0 radical (unpaired) electrons. The fourth-order valence-electron chi connectivity index (χ4n) is 3.14. The molecule has 2 heterocycles. The zero-order chi connectivity index (χ0) is 12.3. The van der Waals surface area contributed by atoms with Crippen LogP contribution < -0.4 is 4.90 Å². The standard InChI is InChI=1S/C14H23N3/c1-4-6-14(7-5-2)9-17(10-14)13-12(3)8-15-11-16-13/h8,11H,4-7,9-10H2,1-3H3. The van der Waals surface area contributed by atoms with Crippen molar-refractivity contribution in [1.82, 2.24) is 9.97 Å². The van der Waals surface area contributed by atoms with Gasteiger partial charge in [-0.2, -0.15) is 0 Å². The SMILES string of the molecule is CCCC1(CCC)CN(c2ncncc2C)C1. The molecule has 1 aromatic heterocycles. The molecule has 1 aliphatic rings. The second-order valence-electron chi connectivity index (χ2n) is 5.39. The van der Waals surface area contributed by atoms with Crippen LogP contribution in [-0.4, -0.2) is 23.1 Å². The summed E-state index contributed by atoms with van der Waals surface area (Å²) in [5.74, 6) is 1.13. The Hall–Kier alpha value is -1.12. The maximum Gasteiger partial charge on any atom is 0.134 e. The maximum absolute atomic E-state index is 4.40. The van der Waals surface area contributed by atoms with E-state index in [2.05, 4.69) is 35.6 Å². The Morgan fingerprint density at radius 3 is 2.41 bits per heavy atom. The van der Waals surface area contributed by atoms with Crippen LogP contribution in [-0.2, 0) is 0 Å². The Bertz CT molecular complexity index is 361. The van der Waals surface area contributed by atoms with E-state index in [1.54, 1.807) is 6.33 Å². The first kappa shape index (κ1) is 12.3. The number of rotatable bonds is 5. The Kier molecular flexibility index (Phi) is 3.65. The highest BCUT2D eigenvalue weighted by Gasteiger charge is 2.42. The monoisotopic (exact) mass is 233 g/mol. The van der Waals surface area contributed by atoms with Gasteiger partial charge >= 0.3 is 0 Å². The molecule has 1 aliphatic heterocycles. The summed E-state index contributed by atoms with van der Waals surface area (Å²) < 4.78 is 0. The molecule has 1 fully saturated rings. The Labute approximate surface area is 104 Å². The molecule has 0 aromatic carbocycles. The van der Waals surface area contributed by atoms with E-state index in [4.69, 9.17) is 0 Å². The summed E-state index contributed by atoms with van der Waals surface area (Å²) in [7, 11) is 0. The average molecular weight is 233 g/mol. The van der Waals surface area contributed by atoms with Gasteiger partial charge in [0.2, 0.25) is 0 Å². The van der Waals surface area contributed by atoms with Crippen molar-refractivity contribution in [1.29, 1.82) is 0 Å². The van der Waals surface area contributed by atoms with Gasteiger partial charge in [-0.05, 0) is 19.8 Å². The molecule has 0 N–H and O–H groups in total. The van der Waals surface area contributed by atoms with Crippen molar-refractivity contribution < 1.29 is 0 Å². The summed E-state index contributed by atoms with van der Waals surface area (Å²) in [5.41, 5.74) is 1.75. The minimum Gasteiger partial charge on any atom is -0.355 e. The maximum atomic E-state index is 4.40. The molecule has 1 saturated heterocycles. The first-order chi connectivity index (χ1) is 8.21. The highest BCUT2D eigenvalue weighted by Crippen LogP contribution is 2.41. The second kappa shape index (κ2) is 5.03. The minimum absolute atomic E-state index is 0.556. The van der Waals surface area contributed by atoms with E-state index < -0.39 is 0 Å². The van der Waals surface area contributed by atoms with Crippen LogP contribution in [0.3, 0.4) is 0 Å². The molecule has 17 heavy (non-hydrogen) atoms. The van der Waals surface area contributed by atoms with Gasteiger partial charge in [0.15, 0.2) is 0 Å². The van der Waals surface area contributed by atoms with Crippen LogP contribution in [0.4, 0.5) is 5.82 Å². The van der Waals surface area contributed by atoms with E-state index in [9.17, 15) is 0 Å². The van der Waals surface area contributed by atoms with Gasteiger partial charge in [0.05, 0.1) is 0 Å². The van der Waals surface area contributed by atoms with Gasteiger partial charge in [0, 0.05) is 30.3 Å². The van der Waals surface area contributed by atoms with Gasteiger partial charge in [-0.1, -0.05) is 26.7 Å². The van der Waals surface area contributed by atoms with Gasteiger partial charge in [-0.15, -0.1) is 0 Å². The van der Waals surface area contributed by atoms with Crippen LogP contribution in [0.1, 0.15) is 45.1 Å². The molecule has 1 aromatic rings. The lowest BCUT2D eigenvalue weighted by molar-refractivity contribution is 0.172. The zero-order valence-electron chi connectivity index (χ0n) is 11.2. The van der Waals surface area contributed by atoms with Gasteiger partial charge in [-0.3, -0.25) is 0 Å². The summed E-state index contributed by atoms with van der Waals surface area (Å²) in [5, 5.41) is 0. The van der Waals surface area contributed by atoms with Crippen LogP contribution in [0.15, 0.2) is 12.5 Å². The topological polar surface area (TPSA) is 29.0 Å². The highest BCUT2D eigenvalue weighted by atomic mass is 15.3. The van der Waals surface area contributed by atoms with Gasteiger partial charge in [0.1, 0.15) is 12.1 Å². The predicted octanol–water partition coefficient (Wildman–Crippen LogP) is 3.19. The zero-order valence-corrected chi connectivity index (χ0v) is 11.2. The molecule has 94 valence electrons. The number of aryl methyl sites for hydroxylation is 1. The molecule has 0 saturated carbocycles. The molecule has 2 rings (SSSR count). The van der Waals surface area contributed by atoms with Crippen LogP contribution in [0.25, 0.3) is 0 Å². The fraction of sp³-hybridized carbons (Fsp3) is 0.714. The lowest BCUT2D eigenvalue weighted by Gasteiger charge is -2.51. The lowest BCUT2D eigenvalue weighted by Crippen LogP contribution is -2.56. The van der Waals surface area contributed by atoms with E-state index in [0.29, 0.717) is 5.41 Å². The van der Waals surface area contributed by atoms with E-state index >= 15 is 0 Å². The van der Waals surface area contributed by atoms with Crippen LogP contribution >= 0.6 is 0 Å². The third kappa shape index (κ3) is 2.43. The second-order valence-corrected chi connectivity index (χ2v) is 5.39. The molecule has 0 spiro atoms. The first-order valence-corrected chi connectivity index (χ1v) is 6.72. The molecule has 3 nitrogen and oxygen atoms in total. The number of anilines is 1. The van der Waals surface area contributed by atoms with Crippen molar-refractivity contribution in [3.05, 3.63) is 18.1 Å². The van der Waals surface area contributed by atoms with Crippen molar-refractivity contribution in [2.45, 2.75) is 46.5 Å². The van der Waals surface area contributed by atoms with Crippen molar-refractivity contribution in [2.24, 2.45) is 5.41 Å². The number of aromatic nitrogens is 2. The molecule has 0 unspecified atom stereocenters. The Morgan fingerprint density at radius 2 is 1.88 bits per heavy atom. The Morgan fingerprint density at radius 1 is 1.24 bits per heavy atom. The van der Waals surface area contributed by atoms with E-state index in [0.717, 1.165) is 5.82 Å². The number of hydrogen-bond donors (Lipinski definition) is 0. The molecule has 0 amide bonds. The average Bonchev–Trinajstić information content (AvgIpc) is 2.26. The van der Waals surface area contributed by atoms with Crippen LogP contribution in [0, 0.1) is 12.3 Å². The Balaban J connectivity index is 2.03. The summed E-state index contributed by atoms with van der Waals surface area (Å²) in [6.45, 7) is 9.01. The smallest absolute Gasteiger partial charge is 0.134 e. The third-order valence-corrected chi connectivity index (χ3v) is 3.78. The third-order valence-electron chi connectivity index (χ3n) is 3.78. The number of nitrogens with zero attached hydrogens (tertiary/aromatic N) is 3. The minimum atomic E-state index is 0.556. The fourth-order valence-corrected chi connectivity index (χ4v) is 3.14. The van der Waals surface area contributed by atoms with Crippen LogP contribution in [0.2, 0.25) is 0 Å². The van der Waals surface area contributed by atoms with Gasteiger partial charge < -0.3 is 4.90 Å². The van der Waals surface area contributed by atoms with Crippen molar-refractivity contribution in [3.8, 4) is 0 Å². The predicted molar refractivity (Wildman–Crippen MR) is 71.2 cm³/mol. The van der Waals surface area contributed by atoms with E-state index in [1.807, 2.05) is 6.20 Å². The molecule has 0 aliphatic carbocycles. The molecular weight excluding hydrogens is 210 g/mol. The molecule has 0 atom stereocenters. The quantitative estimate of drug-likeness (QED) is 0.782. The van der Waals surface area contributed by atoms with Gasteiger partial charge in [-0.25, -0.2) is 9.97 Å². The summed E-state index contributed by atoms with van der Waals surface area (Å²) >= 11 is 0. The van der Waals surface area contributed by atoms with E-state index in [1.165, 1.54) is 44.3 Å². The summed E-state index contributed by atoms with van der Waals surface area (Å²) in [6, 6.07) is 0. The normalized spacial score (nSPS) is 17.9. The highest BCUT2D eigenvalue weighted by molar-refractivity contribution is 5.48.